The number of fused-ring (bicyclic) bond motifs is 1. The van der Waals surface area contributed by atoms with Crippen LogP contribution in [0.25, 0.3) is 0 Å². The van der Waals surface area contributed by atoms with E-state index < -0.39 is 10.0 Å². The highest BCUT2D eigenvalue weighted by molar-refractivity contribution is 7.88. The van der Waals surface area contributed by atoms with E-state index >= 15 is 0 Å². The van der Waals surface area contributed by atoms with Crippen molar-refractivity contribution in [3.8, 4) is 0 Å². The number of rotatable bonds is 6. The summed E-state index contributed by atoms with van der Waals surface area (Å²) in [5.74, 6) is 1.36. The van der Waals surface area contributed by atoms with E-state index in [0.29, 0.717) is 19.7 Å². The molecule has 1 aromatic rings. The molecule has 0 saturated heterocycles. The Morgan fingerprint density at radius 3 is 2.82 bits per heavy atom. The molecular formula is C12H21N5O4S. The Morgan fingerprint density at radius 1 is 1.45 bits per heavy atom. The van der Waals surface area contributed by atoms with Gasteiger partial charge in [-0.05, 0) is 6.92 Å². The summed E-state index contributed by atoms with van der Waals surface area (Å²) < 4.78 is 31.4. The molecule has 0 spiro atoms. The Bertz CT molecular complexity index is 642. The molecule has 1 atom stereocenters. The van der Waals surface area contributed by atoms with Crippen molar-refractivity contribution in [3.63, 3.8) is 0 Å². The van der Waals surface area contributed by atoms with E-state index in [4.69, 9.17) is 4.74 Å². The number of amides is 1. The van der Waals surface area contributed by atoms with Crippen molar-refractivity contribution in [3.05, 3.63) is 11.6 Å². The number of carbonyl (C=O) groups excluding carboxylic acids is 1. The van der Waals surface area contributed by atoms with Crippen LogP contribution in [0.3, 0.4) is 0 Å². The molecule has 2 rings (SSSR count). The Hall–Kier alpha value is -1.52. The first-order chi connectivity index (χ1) is 10.3. The molecule has 0 unspecified atom stereocenters. The smallest absolute Gasteiger partial charge is 0.224 e. The van der Waals surface area contributed by atoms with E-state index in [1.54, 1.807) is 12.0 Å². The van der Waals surface area contributed by atoms with Gasteiger partial charge >= 0.3 is 0 Å². The van der Waals surface area contributed by atoms with E-state index in [1.165, 1.54) is 0 Å². The topological polar surface area (TPSA) is 106 Å². The van der Waals surface area contributed by atoms with Gasteiger partial charge in [-0.3, -0.25) is 4.79 Å². The summed E-state index contributed by atoms with van der Waals surface area (Å²) in [5, 5.41) is 8.19. The average molecular weight is 331 g/mol. The predicted octanol–water partition coefficient (Wildman–Crippen LogP) is -0.733. The van der Waals surface area contributed by atoms with Crippen LogP contribution in [0.4, 0.5) is 0 Å². The fourth-order valence-corrected chi connectivity index (χ4v) is 3.01. The minimum Gasteiger partial charge on any atom is -0.377 e. The van der Waals surface area contributed by atoms with Gasteiger partial charge in [-0.25, -0.2) is 13.1 Å². The van der Waals surface area contributed by atoms with Gasteiger partial charge in [0.25, 0.3) is 0 Å². The largest absolute Gasteiger partial charge is 0.377 e. The molecule has 1 N–H and O–H groups in total. The molecule has 0 bridgehead atoms. The predicted molar refractivity (Wildman–Crippen MR) is 78.3 cm³/mol. The molecule has 1 aromatic heterocycles. The molecule has 0 radical (unpaired) electrons. The number of sulfonamides is 1. The maximum atomic E-state index is 12.2. The summed E-state index contributed by atoms with van der Waals surface area (Å²) in [5.41, 5.74) is 0. The Kier molecular flexibility index (Phi) is 5.14. The molecule has 0 fully saturated rings. The molecular weight excluding hydrogens is 310 g/mol. The number of hydrogen-bond donors (Lipinski definition) is 1. The van der Waals surface area contributed by atoms with Gasteiger partial charge < -0.3 is 14.2 Å². The zero-order valence-electron chi connectivity index (χ0n) is 12.9. The fourth-order valence-electron chi connectivity index (χ4n) is 2.53. The monoisotopic (exact) mass is 331 g/mol. The van der Waals surface area contributed by atoms with Gasteiger partial charge in [0.2, 0.25) is 15.9 Å². The molecule has 10 heteroatoms. The summed E-state index contributed by atoms with van der Waals surface area (Å²) in [4.78, 5) is 13.9. The summed E-state index contributed by atoms with van der Waals surface area (Å²) in [6.45, 7) is 3.38. The second kappa shape index (κ2) is 6.71. The van der Waals surface area contributed by atoms with Gasteiger partial charge in [-0.1, -0.05) is 0 Å². The highest BCUT2D eigenvalue weighted by Gasteiger charge is 2.28. The van der Waals surface area contributed by atoms with Crippen LogP contribution in [0, 0.1) is 0 Å². The first-order valence-corrected chi connectivity index (χ1v) is 8.85. The fraction of sp³-hybridized carbons (Fsp3) is 0.750. The third kappa shape index (κ3) is 4.02. The van der Waals surface area contributed by atoms with Gasteiger partial charge in [0.15, 0.2) is 11.6 Å². The van der Waals surface area contributed by atoms with Crippen molar-refractivity contribution in [1.82, 2.24) is 24.4 Å². The Labute approximate surface area is 129 Å². The van der Waals surface area contributed by atoms with Crippen molar-refractivity contribution in [1.29, 1.82) is 0 Å². The van der Waals surface area contributed by atoms with Crippen LogP contribution >= 0.6 is 0 Å². The lowest BCUT2D eigenvalue weighted by molar-refractivity contribution is -0.133. The highest BCUT2D eigenvalue weighted by atomic mass is 32.2. The number of methoxy groups -OCH3 is 1. The lowest BCUT2D eigenvalue weighted by Crippen LogP contribution is -2.42. The number of nitrogens with zero attached hydrogens (tertiary/aromatic N) is 4. The van der Waals surface area contributed by atoms with E-state index in [-0.39, 0.29) is 24.9 Å². The van der Waals surface area contributed by atoms with Crippen LogP contribution in [0.15, 0.2) is 0 Å². The first kappa shape index (κ1) is 16.8. The van der Waals surface area contributed by atoms with E-state index in [9.17, 15) is 13.2 Å². The van der Waals surface area contributed by atoms with Crippen molar-refractivity contribution < 1.29 is 17.9 Å². The van der Waals surface area contributed by atoms with E-state index in [1.807, 2.05) is 11.5 Å². The Morgan fingerprint density at radius 2 is 2.18 bits per heavy atom. The molecule has 1 aliphatic rings. The summed E-state index contributed by atoms with van der Waals surface area (Å²) in [7, 11) is -1.68. The molecule has 9 nitrogen and oxygen atoms in total. The third-order valence-electron chi connectivity index (χ3n) is 3.42. The summed E-state index contributed by atoms with van der Waals surface area (Å²) >= 11 is 0. The second-order valence-electron chi connectivity index (χ2n) is 5.38. The summed E-state index contributed by atoms with van der Waals surface area (Å²) in [6, 6.07) is 0.0516. The first-order valence-electron chi connectivity index (χ1n) is 6.96. The van der Waals surface area contributed by atoms with Crippen molar-refractivity contribution >= 4 is 15.9 Å². The minimum absolute atomic E-state index is 0.0516. The standard InChI is InChI=1S/C12H21N5O4S/c1-9-6-16(12(18)4-5-13-22(3,19)20)7-10-14-15-11(8-21-2)17(9)10/h9,13H,4-8H2,1-3H3/t9-/m0/s1. The van der Waals surface area contributed by atoms with E-state index in [0.717, 1.165) is 17.9 Å². The lowest BCUT2D eigenvalue weighted by Gasteiger charge is -2.32. The number of carbonyl (C=O) groups is 1. The number of aromatic nitrogens is 3. The van der Waals surface area contributed by atoms with Crippen molar-refractivity contribution in [2.24, 2.45) is 0 Å². The maximum Gasteiger partial charge on any atom is 0.224 e. The molecule has 2 heterocycles. The molecule has 0 saturated carbocycles. The number of hydrogen-bond acceptors (Lipinski definition) is 6. The zero-order valence-corrected chi connectivity index (χ0v) is 13.8. The quantitative estimate of drug-likeness (QED) is 0.736. The van der Waals surface area contributed by atoms with Crippen molar-refractivity contribution in [2.45, 2.75) is 32.5 Å². The van der Waals surface area contributed by atoms with Crippen molar-refractivity contribution in [2.75, 3.05) is 26.5 Å². The normalized spacial score (nSPS) is 18.3. The van der Waals surface area contributed by atoms with Gasteiger partial charge in [-0.15, -0.1) is 10.2 Å². The molecule has 124 valence electrons. The van der Waals surface area contributed by atoms with E-state index in [2.05, 4.69) is 14.9 Å². The average Bonchev–Trinajstić information content (AvgIpc) is 2.81. The number of ether oxygens (including phenoxy) is 1. The molecule has 22 heavy (non-hydrogen) atoms. The van der Waals surface area contributed by atoms with Gasteiger partial charge in [0, 0.05) is 26.6 Å². The summed E-state index contributed by atoms with van der Waals surface area (Å²) in [6.07, 6.45) is 1.19. The van der Waals surface area contributed by atoms with Crippen LogP contribution in [0.5, 0.6) is 0 Å². The SMILES string of the molecule is COCc1nnc2n1[C@@H](C)CN(C(=O)CCNS(C)(=O)=O)C2. The minimum atomic E-state index is -3.27. The van der Waals surface area contributed by atoms with Crippen LogP contribution in [-0.4, -0.2) is 60.4 Å². The second-order valence-corrected chi connectivity index (χ2v) is 7.21. The van der Waals surface area contributed by atoms with Crippen LogP contribution in [-0.2, 0) is 32.7 Å². The lowest BCUT2D eigenvalue weighted by atomic mass is 10.2. The maximum absolute atomic E-state index is 12.2. The highest BCUT2D eigenvalue weighted by Crippen LogP contribution is 2.22. The number of nitrogens with one attached hydrogen (secondary N) is 1. The zero-order chi connectivity index (χ0) is 16.3. The van der Waals surface area contributed by atoms with Crippen LogP contribution in [0.1, 0.15) is 31.0 Å². The molecule has 0 aliphatic carbocycles. The molecule has 0 aromatic carbocycles. The van der Waals surface area contributed by atoms with Gasteiger partial charge in [0.05, 0.1) is 18.8 Å². The van der Waals surface area contributed by atoms with Gasteiger partial charge in [0.1, 0.15) is 6.61 Å². The molecule has 1 amide bonds. The van der Waals surface area contributed by atoms with Crippen LogP contribution in [0.2, 0.25) is 0 Å². The third-order valence-corrected chi connectivity index (χ3v) is 4.15. The molecule has 1 aliphatic heterocycles. The van der Waals surface area contributed by atoms with Crippen LogP contribution < -0.4 is 4.72 Å². The Balaban J connectivity index is 1.99. The van der Waals surface area contributed by atoms with Gasteiger partial charge in [-0.2, -0.15) is 0 Å².